The molecule has 2 aromatic heterocycles. The molecule has 0 spiro atoms. The van der Waals surface area contributed by atoms with Crippen LogP contribution in [0.4, 0.5) is 0 Å². The average Bonchev–Trinajstić information content (AvgIpc) is 3.37. The lowest BCUT2D eigenvalue weighted by molar-refractivity contribution is -0.119. The molecule has 27 heavy (non-hydrogen) atoms. The molecule has 1 aliphatic carbocycles. The van der Waals surface area contributed by atoms with E-state index in [2.05, 4.69) is 5.32 Å². The number of amides is 1. The van der Waals surface area contributed by atoms with Crippen LogP contribution in [0.3, 0.4) is 0 Å². The minimum Gasteiger partial charge on any atom is -0.376 e. The first-order chi connectivity index (χ1) is 13.2. The Hall–Kier alpha value is -1.38. The van der Waals surface area contributed by atoms with Crippen LogP contribution < -0.4 is 10.9 Å². The third-order valence-corrected chi connectivity index (χ3v) is 7.15. The summed E-state index contributed by atoms with van der Waals surface area (Å²) in [6, 6.07) is 2.08. The zero-order valence-corrected chi connectivity index (χ0v) is 16.9. The fraction of sp³-hybridized carbons (Fsp3) is 0.632. The molecule has 0 aromatic carbocycles. The summed E-state index contributed by atoms with van der Waals surface area (Å²) < 4.78 is 8.11. The lowest BCUT2D eigenvalue weighted by Crippen LogP contribution is -2.33. The monoisotopic (exact) mass is 407 g/mol. The van der Waals surface area contributed by atoms with Crippen molar-refractivity contribution < 1.29 is 9.53 Å². The van der Waals surface area contributed by atoms with Crippen molar-refractivity contribution >= 4 is 39.2 Å². The number of carbonyl (C=O) groups is 1. The molecular formula is C19H25N3O3S2. The summed E-state index contributed by atoms with van der Waals surface area (Å²) in [5, 5.41) is 5.52. The number of aromatic nitrogens is 2. The van der Waals surface area contributed by atoms with E-state index in [9.17, 15) is 9.59 Å². The summed E-state index contributed by atoms with van der Waals surface area (Å²) in [5.41, 5.74) is 0.781. The Morgan fingerprint density at radius 3 is 2.93 bits per heavy atom. The predicted molar refractivity (Wildman–Crippen MR) is 109 cm³/mol. The van der Waals surface area contributed by atoms with Crippen LogP contribution in [0.15, 0.2) is 21.4 Å². The maximum Gasteiger partial charge on any atom is 0.272 e. The Morgan fingerprint density at radius 2 is 2.15 bits per heavy atom. The number of thioether (sulfide) groups is 1. The lowest BCUT2D eigenvalue weighted by Gasteiger charge is -2.25. The fourth-order valence-electron chi connectivity index (χ4n) is 3.88. The van der Waals surface area contributed by atoms with Gasteiger partial charge in [-0.15, -0.1) is 11.3 Å². The van der Waals surface area contributed by atoms with Crippen molar-refractivity contribution in [1.82, 2.24) is 14.9 Å². The van der Waals surface area contributed by atoms with Crippen molar-refractivity contribution in [3.8, 4) is 0 Å². The van der Waals surface area contributed by atoms with Crippen molar-refractivity contribution in [1.29, 1.82) is 0 Å². The molecule has 6 nitrogen and oxygen atoms in total. The molecule has 0 bridgehead atoms. The molecule has 2 aromatic rings. The van der Waals surface area contributed by atoms with E-state index >= 15 is 0 Å². The van der Waals surface area contributed by atoms with Gasteiger partial charge >= 0.3 is 0 Å². The van der Waals surface area contributed by atoms with Crippen molar-refractivity contribution in [3.63, 3.8) is 0 Å². The SMILES string of the molecule is O=C(CSc1nc2ccsc2c(=O)n1C1CCCCC1)NCC1CCCO1. The minimum absolute atomic E-state index is 0.0367. The van der Waals surface area contributed by atoms with Crippen LogP contribution in [0.25, 0.3) is 10.2 Å². The molecule has 1 aliphatic heterocycles. The smallest absolute Gasteiger partial charge is 0.272 e. The molecule has 1 N–H and O–H groups in total. The number of fused-ring (bicyclic) bond motifs is 1. The Morgan fingerprint density at radius 1 is 1.30 bits per heavy atom. The molecular weight excluding hydrogens is 382 g/mol. The first-order valence-corrected chi connectivity index (χ1v) is 11.6. The summed E-state index contributed by atoms with van der Waals surface area (Å²) >= 11 is 2.82. The predicted octanol–water partition coefficient (Wildman–Crippen LogP) is 3.35. The van der Waals surface area contributed by atoms with Crippen LogP contribution >= 0.6 is 23.1 Å². The molecule has 1 saturated carbocycles. The van der Waals surface area contributed by atoms with Gasteiger partial charge in [0.2, 0.25) is 5.91 Å². The summed E-state index contributed by atoms with van der Waals surface area (Å²) in [6.07, 6.45) is 7.75. The van der Waals surface area contributed by atoms with Gasteiger partial charge in [-0.3, -0.25) is 14.2 Å². The number of nitrogens with zero attached hydrogens (tertiary/aromatic N) is 2. The van der Waals surface area contributed by atoms with Crippen LogP contribution in [0.2, 0.25) is 0 Å². The van der Waals surface area contributed by atoms with Crippen LogP contribution in [-0.2, 0) is 9.53 Å². The highest BCUT2D eigenvalue weighted by molar-refractivity contribution is 7.99. The number of rotatable bonds is 6. The second-order valence-corrected chi connectivity index (χ2v) is 9.08. The third kappa shape index (κ3) is 4.38. The highest BCUT2D eigenvalue weighted by atomic mass is 32.2. The van der Waals surface area contributed by atoms with Gasteiger partial charge in [0.1, 0.15) is 4.70 Å². The third-order valence-electron chi connectivity index (χ3n) is 5.30. The zero-order chi connectivity index (χ0) is 18.6. The lowest BCUT2D eigenvalue weighted by atomic mass is 9.95. The second kappa shape index (κ2) is 8.75. The Kier molecular flexibility index (Phi) is 6.14. The van der Waals surface area contributed by atoms with Crippen LogP contribution in [0.1, 0.15) is 51.0 Å². The van der Waals surface area contributed by atoms with E-state index in [0.717, 1.165) is 50.6 Å². The summed E-state index contributed by atoms with van der Waals surface area (Å²) in [6.45, 7) is 1.35. The van der Waals surface area contributed by atoms with Gasteiger partial charge in [-0.1, -0.05) is 31.0 Å². The van der Waals surface area contributed by atoms with Crippen LogP contribution in [0, 0.1) is 0 Å². The largest absolute Gasteiger partial charge is 0.376 e. The quantitative estimate of drug-likeness (QED) is 0.587. The van der Waals surface area contributed by atoms with E-state index in [-0.39, 0.29) is 29.4 Å². The standard InChI is InChI=1S/C19H25N3O3S2/c23-16(20-11-14-7-4-9-25-14)12-27-19-21-15-8-10-26-17(15)18(24)22(19)13-5-2-1-3-6-13/h8,10,13-14H,1-7,9,11-12H2,(H,20,23). The maximum atomic E-state index is 13.1. The van der Waals surface area contributed by atoms with Gasteiger partial charge in [0.25, 0.3) is 5.56 Å². The van der Waals surface area contributed by atoms with Gasteiger partial charge in [-0.05, 0) is 37.1 Å². The molecule has 1 atom stereocenters. The molecule has 2 aliphatic rings. The van der Waals surface area contributed by atoms with E-state index in [4.69, 9.17) is 9.72 Å². The summed E-state index contributed by atoms with van der Waals surface area (Å²) in [4.78, 5) is 30.0. The van der Waals surface area contributed by atoms with E-state index in [1.807, 2.05) is 16.0 Å². The van der Waals surface area contributed by atoms with Crippen molar-refractivity contribution in [2.75, 3.05) is 18.9 Å². The molecule has 8 heteroatoms. The Labute approximate surface area is 166 Å². The van der Waals surface area contributed by atoms with E-state index in [0.29, 0.717) is 16.4 Å². The molecule has 3 heterocycles. The van der Waals surface area contributed by atoms with Gasteiger partial charge in [0.05, 0.1) is 17.4 Å². The first kappa shape index (κ1) is 19.0. The molecule has 1 unspecified atom stereocenters. The molecule has 2 fully saturated rings. The van der Waals surface area contributed by atoms with E-state index in [1.54, 1.807) is 0 Å². The van der Waals surface area contributed by atoms with Crippen molar-refractivity contribution in [3.05, 3.63) is 21.8 Å². The molecule has 1 saturated heterocycles. The topological polar surface area (TPSA) is 73.2 Å². The Balaban J connectivity index is 1.49. The number of thiophene rings is 1. The number of carbonyl (C=O) groups excluding carboxylic acids is 1. The number of nitrogens with one attached hydrogen (secondary N) is 1. The zero-order valence-electron chi connectivity index (χ0n) is 15.3. The van der Waals surface area contributed by atoms with Crippen molar-refractivity contribution in [2.24, 2.45) is 0 Å². The summed E-state index contributed by atoms with van der Waals surface area (Å²) in [5.74, 6) is 0.229. The first-order valence-electron chi connectivity index (χ1n) is 9.73. The fourth-order valence-corrected chi connectivity index (χ4v) is 5.54. The van der Waals surface area contributed by atoms with E-state index < -0.39 is 0 Å². The van der Waals surface area contributed by atoms with Crippen LogP contribution in [-0.4, -0.2) is 40.5 Å². The van der Waals surface area contributed by atoms with Crippen molar-refractivity contribution in [2.45, 2.75) is 62.2 Å². The molecule has 0 radical (unpaired) electrons. The number of ether oxygens (including phenoxy) is 1. The van der Waals surface area contributed by atoms with E-state index in [1.165, 1.54) is 29.5 Å². The summed E-state index contributed by atoms with van der Waals surface area (Å²) in [7, 11) is 0. The normalized spacial score (nSPS) is 21.0. The molecule has 146 valence electrons. The van der Waals surface area contributed by atoms with Gasteiger partial charge in [-0.2, -0.15) is 0 Å². The molecule has 1 amide bonds. The molecule has 4 rings (SSSR count). The second-order valence-electron chi connectivity index (χ2n) is 7.22. The number of hydrogen-bond donors (Lipinski definition) is 1. The van der Waals surface area contributed by atoms with Gasteiger partial charge < -0.3 is 10.1 Å². The van der Waals surface area contributed by atoms with Gasteiger partial charge in [0.15, 0.2) is 5.16 Å². The number of hydrogen-bond acceptors (Lipinski definition) is 6. The highest BCUT2D eigenvalue weighted by Crippen LogP contribution is 2.31. The van der Waals surface area contributed by atoms with Gasteiger partial charge in [-0.25, -0.2) is 4.98 Å². The Bertz CT molecular complexity index is 851. The highest BCUT2D eigenvalue weighted by Gasteiger charge is 2.23. The average molecular weight is 408 g/mol. The maximum absolute atomic E-state index is 13.1. The minimum atomic E-state index is -0.0367. The van der Waals surface area contributed by atoms with Crippen LogP contribution in [0.5, 0.6) is 0 Å². The van der Waals surface area contributed by atoms with Gasteiger partial charge in [0, 0.05) is 19.2 Å².